The zero-order valence-corrected chi connectivity index (χ0v) is 13.9. The molecule has 0 atom stereocenters. The van der Waals surface area contributed by atoms with Crippen molar-refractivity contribution in [3.05, 3.63) is 59.2 Å². The normalized spacial score (nSPS) is 13.8. The topological polar surface area (TPSA) is 29.5 Å². The van der Waals surface area contributed by atoms with Gasteiger partial charge in [0.05, 0.1) is 6.54 Å². The molecule has 1 aliphatic rings. The quantitative estimate of drug-likeness (QED) is 0.745. The predicted octanol–water partition coefficient (Wildman–Crippen LogP) is 4.88. The van der Waals surface area contributed by atoms with Crippen LogP contribution in [0.3, 0.4) is 0 Å². The summed E-state index contributed by atoms with van der Waals surface area (Å²) in [5, 5.41) is 0. The first kappa shape index (κ1) is 16.4. The largest absolute Gasteiger partial charge is 0.444 e. The molecule has 5 heteroatoms. The molecule has 126 valence electrons. The number of amides is 1. The molecule has 0 N–H and O–H groups in total. The van der Waals surface area contributed by atoms with Gasteiger partial charge in [0.1, 0.15) is 17.2 Å². The molecule has 1 heterocycles. The summed E-state index contributed by atoms with van der Waals surface area (Å²) in [6.45, 7) is 6.20. The van der Waals surface area contributed by atoms with Crippen LogP contribution >= 0.6 is 0 Å². The van der Waals surface area contributed by atoms with Crippen molar-refractivity contribution < 1.29 is 18.3 Å². The van der Waals surface area contributed by atoms with Crippen molar-refractivity contribution in [3.63, 3.8) is 0 Å². The van der Waals surface area contributed by atoms with Gasteiger partial charge in [-0.1, -0.05) is 18.2 Å². The van der Waals surface area contributed by atoms with Crippen LogP contribution in [0.1, 0.15) is 31.9 Å². The maximum atomic E-state index is 14.1. The van der Waals surface area contributed by atoms with E-state index >= 15 is 0 Å². The van der Waals surface area contributed by atoms with Crippen LogP contribution in [0.15, 0.2) is 36.4 Å². The van der Waals surface area contributed by atoms with Crippen molar-refractivity contribution in [1.82, 2.24) is 4.90 Å². The molecule has 0 spiro atoms. The highest BCUT2D eigenvalue weighted by molar-refractivity contribution is 5.74. The maximum absolute atomic E-state index is 14.1. The van der Waals surface area contributed by atoms with Gasteiger partial charge in [-0.15, -0.1) is 0 Å². The zero-order valence-electron chi connectivity index (χ0n) is 13.9. The second-order valence-electron chi connectivity index (χ2n) is 6.90. The average Bonchev–Trinajstić information content (AvgIpc) is 2.90. The second-order valence-corrected chi connectivity index (χ2v) is 6.90. The van der Waals surface area contributed by atoms with Crippen LogP contribution < -0.4 is 0 Å². The fourth-order valence-corrected chi connectivity index (χ4v) is 2.84. The average molecular weight is 331 g/mol. The number of rotatable bonds is 1. The smallest absolute Gasteiger partial charge is 0.410 e. The number of carbonyl (C=O) groups excluding carboxylic acids is 1. The molecule has 2 aromatic rings. The first-order valence-corrected chi connectivity index (χ1v) is 7.79. The summed E-state index contributed by atoms with van der Waals surface area (Å²) in [5.74, 6) is -1.22. The minimum atomic E-state index is -0.612. The molecule has 2 aromatic carbocycles. The van der Waals surface area contributed by atoms with Gasteiger partial charge in [0.25, 0.3) is 0 Å². The molecule has 0 aliphatic carbocycles. The molecule has 3 rings (SSSR count). The molecule has 0 unspecified atom stereocenters. The molecule has 0 saturated carbocycles. The number of halogens is 2. The second kappa shape index (κ2) is 5.89. The highest BCUT2D eigenvalue weighted by Gasteiger charge is 2.29. The Kier molecular flexibility index (Phi) is 4.03. The summed E-state index contributed by atoms with van der Waals surface area (Å²) in [7, 11) is 0. The van der Waals surface area contributed by atoms with Gasteiger partial charge in [0.15, 0.2) is 0 Å². The Labute approximate surface area is 139 Å². The fraction of sp³-hybridized carbons (Fsp3) is 0.316. The van der Waals surface area contributed by atoms with Gasteiger partial charge in [-0.25, -0.2) is 13.6 Å². The van der Waals surface area contributed by atoms with Crippen molar-refractivity contribution in [2.45, 2.75) is 39.5 Å². The van der Waals surface area contributed by atoms with E-state index in [1.54, 1.807) is 11.0 Å². The first-order chi connectivity index (χ1) is 11.2. The van der Waals surface area contributed by atoms with Gasteiger partial charge >= 0.3 is 6.09 Å². The van der Waals surface area contributed by atoms with Crippen molar-refractivity contribution in [2.24, 2.45) is 0 Å². The van der Waals surface area contributed by atoms with Gasteiger partial charge in [0, 0.05) is 18.2 Å². The Morgan fingerprint density at radius 1 is 1.08 bits per heavy atom. The van der Waals surface area contributed by atoms with Crippen LogP contribution in [-0.2, 0) is 17.8 Å². The van der Waals surface area contributed by atoms with E-state index < -0.39 is 23.3 Å². The van der Waals surface area contributed by atoms with E-state index in [1.807, 2.05) is 32.9 Å². The monoisotopic (exact) mass is 331 g/mol. The van der Waals surface area contributed by atoms with E-state index in [-0.39, 0.29) is 0 Å². The molecule has 0 bridgehead atoms. The lowest BCUT2D eigenvalue weighted by atomic mass is 9.97. The summed E-state index contributed by atoms with van der Waals surface area (Å²) in [4.78, 5) is 13.9. The minimum absolute atomic E-state index is 0.333. The van der Waals surface area contributed by atoms with Crippen molar-refractivity contribution in [3.8, 4) is 11.1 Å². The summed E-state index contributed by atoms with van der Waals surface area (Å²) >= 11 is 0. The molecule has 1 aliphatic heterocycles. The first-order valence-electron chi connectivity index (χ1n) is 7.79. The third-order valence-corrected chi connectivity index (χ3v) is 3.86. The van der Waals surface area contributed by atoms with E-state index in [1.165, 1.54) is 12.1 Å². The van der Waals surface area contributed by atoms with Crippen molar-refractivity contribution in [1.29, 1.82) is 0 Å². The predicted molar refractivity (Wildman–Crippen MR) is 87.3 cm³/mol. The van der Waals surface area contributed by atoms with E-state index in [9.17, 15) is 13.6 Å². The van der Waals surface area contributed by atoms with Gasteiger partial charge < -0.3 is 4.74 Å². The number of benzene rings is 2. The minimum Gasteiger partial charge on any atom is -0.444 e. The lowest BCUT2D eigenvalue weighted by Crippen LogP contribution is -2.33. The SMILES string of the molecule is CC(C)(C)OC(=O)N1Cc2cccc(-c3ccc(F)cc3F)c2C1. The summed E-state index contributed by atoms with van der Waals surface area (Å²) in [5.41, 5.74) is 2.25. The van der Waals surface area contributed by atoms with Crippen LogP contribution in [0.5, 0.6) is 0 Å². The molecule has 1 amide bonds. The van der Waals surface area contributed by atoms with E-state index in [0.29, 0.717) is 24.2 Å². The summed E-state index contributed by atoms with van der Waals surface area (Å²) in [6, 6.07) is 9.04. The standard InChI is InChI=1S/C19H19F2NO2/c1-19(2,3)24-18(23)22-10-12-5-4-6-14(16(12)11-22)15-8-7-13(20)9-17(15)21/h4-9H,10-11H2,1-3H3. The van der Waals surface area contributed by atoms with Crippen molar-refractivity contribution in [2.75, 3.05) is 0 Å². The number of carbonyl (C=O) groups is 1. The molecule has 0 radical (unpaired) electrons. The third-order valence-electron chi connectivity index (χ3n) is 3.86. The maximum Gasteiger partial charge on any atom is 0.410 e. The molecule has 0 fully saturated rings. The highest BCUT2D eigenvalue weighted by Crippen LogP contribution is 2.34. The molecular weight excluding hydrogens is 312 g/mol. The van der Waals surface area contributed by atoms with E-state index in [2.05, 4.69) is 0 Å². The Bertz CT molecular complexity index is 796. The summed E-state index contributed by atoms with van der Waals surface area (Å²) in [6.07, 6.45) is -0.399. The number of nitrogens with zero attached hydrogens (tertiary/aromatic N) is 1. The van der Waals surface area contributed by atoms with Crippen LogP contribution in [0.25, 0.3) is 11.1 Å². The number of hydrogen-bond acceptors (Lipinski definition) is 2. The van der Waals surface area contributed by atoms with Crippen LogP contribution in [-0.4, -0.2) is 16.6 Å². The molecular formula is C19H19F2NO2. The number of fused-ring (bicyclic) bond motifs is 1. The van der Waals surface area contributed by atoms with Gasteiger partial charge in [-0.3, -0.25) is 4.90 Å². The summed E-state index contributed by atoms with van der Waals surface area (Å²) < 4.78 is 32.7. The van der Waals surface area contributed by atoms with Gasteiger partial charge in [-0.2, -0.15) is 0 Å². The van der Waals surface area contributed by atoms with E-state index in [0.717, 1.165) is 17.2 Å². The Balaban J connectivity index is 1.92. The highest BCUT2D eigenvalue weighted by atomic mass is 19.1. The Morgan fingerprint density at radius 3 is 2.50 bits per heavy atom. The lowest BCUT2D eigenvalue weighted by Gasteiger charge is -2.24. The van der Waals surface area contributed by atoms with Crippen LogP contribution in [0, 0.1) is 11.6 Å². The zero-order chi connectivity index (χ0) is 17.5. The van der Waals surface area contributed by atoms with Crippen LogP contribution in [0.2, 0.25) is 0 Å². The van der Waals surface area contributed by atoms with Gasteiger partial charge in [-0.05, 0) is 49.6 Å². The molecule has 0 aromatic heterocycles. The lowest BCUT2D eigenvalue weighted by molar-refractivity contribution is 0.0242. The van der Waals surface area contributed by atoms with Crippen LogP contribution in [0.4, 0.5) is 13.6 Å². The van der Waals surface area contributed by atoms with E-state index in [4.69, 9.17) is 4.74 Å². The Morgan fingerprint density at radius 2 is 1.83 bits per heavy atom. The molecule has 0 saturated heterocycles. The number of ether oxygens (including phenoxy) is 1. The number of hydrogen-bond donors (Lipinski definition) is 0. The molecule has 3 nitrogen and oxygen atoms in total. The van der Waals surface area contributed by atoms with Crippen molar-refractivity contribution >= 4 is 6.09 Å². The Hall–Kier alpha value is -2.43. The fourth-order valence-electron chi connectivity index (χ4n) is 2.84. The third kappa shape index (κ3) is 3.25. The molecule has 24 heavy (non-hydrogen) atoms. The van der Waals surface area contributed by atoms with Gasteiger partial charge in [0.2, 0.25) is 0 Å².